The molecule has 0 fully saturated rings. The maximum absolute atomic E-state index is 10.7. The molecule has 2 aromatic rings. The van der Waals surface area contributed by atoms with Crippen LogP contribution in [0.3, 0.4) is 0 Å². The number of hydrogen-bond donors (Lipinski definition) is 4. The Hall–Kier alpha value is -2.18. The van der Waals surface area contributed by atoms with Crippen LogP contribution in [0.1, 0.15) is 18.1 Å². The third-order valence-electron chi connectivity index (χ3n) is 2.84. The SMILES string of the molecule is NC(=O)CC(O)C(O)c1ccc(-c2cnc[nH]2)cc1. The van der Waals surface area contributed by atoms with Crippen molar-refractivity contribution >= 4 is 5.91 Å². The Kier molecular flexibility index (Phi) is 3.94. The van der Waals surface area contributed by atoms with E-state index in [2.05, 4.69) is 9.97 Å². The summed E-state index contributed by atoms with van der Waals surface area (Å²) < 4.78 is 0. The summed E-state index contributed by atoms with van der Waals surface area (Å²) in [5, 5.41) is 19.5. The highest BCUT2D eigenvalue weighted by molar-refractivity contribution is 5.74. The van der Waals surface area contributed by atoms with Crippen molar-refractivity contribution in [3.8, 4) is 11.3 Å². The van der Waals surface area contributed by atoms with Crippen LogP contribution in [-0.4, -0.2) is 32.2 Å². The van der Waals surface area contributed by atoms with Crippen LogP contribution in [0.15, 0.2) is 36.8 Å². The number of nitrogens with two attached hydrogens (primary N) is 1. The van der Waals surface area contributed by atoms with Gasteiger partial charge in [-0.2, -0.15) is 0 Å². The van der Waals surface area contributed by atoms with Gasteiger partial charge in [-0.15, -0.1) is 0 Å². The van der Waals surface area contributed by atoms with Crippen LogP contribution in [0.25, 0.3) is 11.3 Å². The van der Waals surface area contributed by atoms with Crippen molar-refractivity contribution in [3.05, 3.63) is 42.4 Å². The van der Waals surface area contributed by atoms with E-state index in [1.54, 1.807) is 36.8 Å². The number of imidazole rings is 1. The summed E-state index contributed by atoms with van der Waals surface area (Å²) >= 11 is 0. The molecule has 19 heavy (non-hydrogen) atoms. The van der Waals surface area contributed by atoms with Crippen molar-refractivity contribution < 1.29 is 15.0 Å². The van der Waals surface area contributed by atoms with Crippen molar-refractivity contribution in [1.29, 1.82) is 0 Å². The molecule has 6 nitrogen and oxygen atoms in total. The van der Waals surface area contributed by atoms with Crippen molar-refractivity contribution in [1.82, 2.24) is 9.97 Å². The van der Waals surface area contributed by atoms with Crippen molar-refractivity contribution in [2.24, 2.45) is 5.73 Å². The average Bonchev–Trinajstić information content (AvgIpc) is 2.91. The molecular formula is C13H15N3O3. The fourth-order valence-electron chi connectivity index (χ4n) is 1.81. The number of primary amides is 1. The Morgan fingerprint density at radius 2 is 2.00 bits per heavy atom. The van der Waals surface area contributed by atoms with Gasteiger partial charge in [0, 0.05) is 0 Å². The summed E-state index contributed by atoms with van der Waals surface area (Å²) in [5.74, 6) is -0.652. The third-order valence-corrected chi connectivity index (χ3v) is 2.84. The van der Waals surface area contributed by atoms with Gasteiger partial charge in [0.05, 0.1) is 30.7 Å². The molecule has 6 heteroatoms. The lowest BCUT2D eigenvalue weighted by atomic mass is 10.00. The second-order valence-electron chi connectivity index (χ2n) is 4.27. The molecule has 5 N–H and O–H groups in total. The van der Waals surface area contributed by atoms with E-state index in [4.69, 9.17) is 5.73 Å². The van der Waals surface area contributed by atoms with Gasteiger partial charge in [0.2, 0.25) is 5.91 Å². The van der Waals surface area contributed by atoms with Gasteiger partial charge in [-0.25, -0.2) is 4.98 Å². The number of nitrogens with zero attached hydrogens (tertiary/aromatic N) is 1. The van der Waals surface area contributed by atoms with Crippen LogP contribution in [0.4, 0.5) is 0 Å². The Morgan fingerprint density at radius 3 is 2.53 bits per heavy atom. The van der Waals surface area contributed by atoms with Crippen LogP contribution in [-0.2, 0) is 4.79 Å². The number of carbonyl (C=O) groups excluding carboxylic acids is 1. The first-order valence-electron chi connectivity index (χ1n) is 5.81. The largest absolute Gasteiger partial charge is 0.390 e. The second kappa shape index (κ2) is 5.64. The third kappa shape index (κ3) is 3.18. The number of amides is 1. The Labute approximate surface area is 109 Å². The van der Waals surface area contributed by atoms with E-state index in [0.29, 0.717) is 5.56 Å². The van der Waals surface area contributed by atoms with Crippen LogP contribution < -0.4 is 5.73 Å². The van der Waals surface area contributed by atoms with E-state index in [9.17, 15) is 15.0 Å². The highest BCUT2D eigenvalue weighted by Crippen LogP contribution is 2.22. The smallest absolute Gasteiger partial charge is 0.220 e. The predicted molar refractivity (Wildman–Crippen MR) is 68.8 cm³/mol. The van der Waals surface area contributed by atoms with Gasteiger partial charge in [-0.3, -0.25) is 4.79 Å². The summed E-state index contributed by atoms with van der Waals surface area (Å²) in [6, 6.07) is 6.96. The predicted octanol–water partition coefficient (Wildman–Crippen LogP) is 0.346. The Morgan fingerprint density at radius 1 is 1.32 bits per heavy atom. The number of aromatic nitrogens is 2. The highest BCUT2D eigenvalue weighted by atomic mass is 16.3. The number of nitrogens with one attached hydrogen (secondary N) is 1. The first kappa shape index (κ1) is 13.3. The summed E-state index contributed by atoms with van der Waals surface area (Å²) in [7, 11) is 0. The molecule has 0 aliphatic carbocycles. The van der Waals surface area contributed by atoms with Gasteiger partial charge >= 0.3 is 0 Å². The molecule has 0 spiro atoms. The van der Waals surface area contributed by atoms with Gasteiger partial charge in [0.1, 0.15) is 6.10 Å². The zero-order valence-electron chi connectivity index (χ0n) is 10.2. The van der Waals surface area contributed by atoms with E-state index in [1.165, 1.54) is 0 Å². The Balaban J connectivity index is 2.12. The van der Waals surface area contributed by atoms with E-state index >= 15 is 0 Å². The molecule has 0 saturated carbocycles. The summed E-state index contributed by atoms with van der Waals surface area (Å²) in [6.45, 7) is 0. The van der Waals surface area contributed by atoms with Crippen LogP contribution in [0, 0.1) is 0 Å². The van der Waals surface area contributed by atoms with Crippen LogP contribution >= 0.6 is 0 Å². The zero-order valence-corrected chi connectivity index (χ0v) is 10.2. The molecule has 0 bridgehead atoms. The lowest BCUT2D eigenvalue weighted by Gasteiger charge is -2.17. The molecule has 100 valence electrons. The number of aliphatic hydroxyl groups excluding tert-OH is 2. The summed E-state index contributed by atoms with van der Waals surface area (Å²) in [4.78, 5) is 17.6. The van der Waals surface area contributed by atoms with E-state index in [-0.39, 0.29) is 6.42 Å². The number of aliphatic hydroxyl groups is 2. The number of rotatable bonds is 5. The lowest BCUT2D eigenvalue weighted by molar-refractivity contribution is -0.121. The minimum atomic E-state index is -1.20. The first-order chi connectivity index (χ1) is 9.08. The fourth-order valence-corrected chi connectivity index (χ4v) is 1.81. The summed E-state index contributed by atoms with van der Waals surface area (Å²) in [6.07, 6.45) is 0.657. The minimum absolute atomic E-state index is 0.274. The van der Waals surface area contributed by atoms with E-state index < -0.39 is 18.1 Å². The zero-order chi connectivity index (χ0) is 13.8. The van der Waals surface area contributed by atoms with Crippen molar-refractivity contribution in [2.45, 2.75) is 18.6 Å². The minimum Gasteiger partial charge on any atom is -0.390 e. The average molecular weight is 261 g/mol. The van der Waals surface area contributed by atoms with Crippen molar-refractivity contribution in [2.75, 3.05) is 0 Å². The van der Waals surface area contributed by atoms with Gasteiger partial charge in [-0.05, 0) is 11.1 Å². The standard InChI is InChI=1S/C13H15N3O3/c14-12(18)5-11(17)13(19)9-3-1-8(2-4-9)10-6-15-7-16-10/h1-4,6-7,11,13,17,19H,5H2,(H2,14,18)(H,15,16). The molecule has 0 aliphatic heterocycles. The monoisotopic (exact) mass is 261 g/mol. The molecule has 1 amide bonds. The van der Waals surface area contributed by atoms with E-state index in [1.807, 2.05) is 0 Å². The molecule has 2 atom stereocenters. The maximum atomic E-state index is 10.7. The molecule has 1 aromatic carbocycles. The molecule has 0 radical (unpaired) electrons. The number of carbonyl (C=O) groups is 1. The molecule has 0 saturated heterocycles. The molecule has 1 aromatic heterocycles. The quantitative estimate of drug-likeness (QED) is 0.622. The first-order valence-corrected chi connectivity index (χ1v) is 5.81. The molecule has 0 aliphatic rings. The van der Waals surface area contributed by atoms with Crippen LogP contribution in [0.5, 0.6) is 0 Å². The normalized spacial score (nSPS) is 14.0. The lowest BCUT2D eigenvalue weighted by Crippen LogP contribution is -2.25. The number of H-pyrrole nitrogens is 1. The van der Waals surface area contributed by atoms with Gasteiger partial charge in [0.25, 0.3) is 0 Å². The number of aromatic amines is 1. The molecule has 2 rings (SSSR count). The molecule has 2 unspecified atom stereocenters. The second-order valence-corrected chi connectivity index (χ2v) is 4.27. The van der Waals surface area contributed by atoms with Gasteiger partial charge in [-0.1, -0.05) is 24.3 Å². The molecule has 1 heterocycles. The van der Waals surface area contributed by atoms with E-state index in [0.717, 1.165) is 11.3 Å². The number of hydrogen-bond acceptors (Lipinski definition) is 4. The maximum Gasteiger partial charge on any atom is 0.220 e. The van der Waals surface area contributed by atoms with Crippen LogP contribution in [0.2, 0.25) is 0 Å². The Bertz CT molecular complexity index is 537. The topological polar surface area (TPSA) is 112 Å². The van der Waals surface area contributed by atoms with Gasteiger partial charge in [0.15, 0.2) is 0 Å². The van der Waals surface area contributed by atoms with Gasteiger partial charge < -0.3 is 20.9 Å². The highest BCUT2D eigenvalue weighted by Gasteiger charge is 2.20. The van der Waals surface area contributed by atoms with Crippen molar-refractivity contribution in [3.63, 3.8) is 0 Å². The fraction of sp³-hybridized carbons (Fsp3) is 0.231. The number of benzene rings is 1. The molecular weight excluding hydrogens is 246 g/mol. The summed E-state index contributed by atoms with van der Waals surface area (Å²) in [5.41, 5.74) is 7.28.